The van der Waals surface area contributed by atoms with Crippen LogP contribution in [0.4, 0.5) is 4.79 Å². The molecule has 2 N–H and O–H groups in total. The molecule has 3 amide bonds. The highest BCUT2D eigenvalue weighted by Crippen LogP contribution is 2.29. The Balaban J connectivity index is 1.78. The fourth-order valence-electron chi connectivity index (χ4n) is 3.78. The Bertz CT molecular complexity index is 922. The standard InChI is InChI=1S/C22H26ClN3O6/c1-3-31-21(29)18-17(12-32-20(28)15-8-10-26(11-9-15)13(2)27)24-22(30)25-19(18)14-4-6-16(23)7-5-14/h4-7,15,19H,3,8-12H2,1-2H3,(H2,24,25,30)/t19-/m0/s1. The number of carbonyl (C=O) groups excluding carboxylic acids is 4. The Morgan fingerprint density at radius 2 is 1.78 bits per heavy atom. The SMILES string of the molecule is CCOC(=O)C1=C(COC(=O)C2CCN(C(C)=O)CC2)NC(=O)N[C@H]1c1ccc(Cl)cc1. The number of benzene rings is 1. The van der Waals surface area contributed by atoms with E-state index in [9.17, 15) is 19.2 Å². The van der Waals surface area contributed by atoms with Crippen molar-refractivity contribution in [1.82, 2.24) is 15.5 Å². The van der Waals surface area contributed by atoms with Gasteiger partial charge in [-0.25, -0.2) is 9.59 Å². The average molecular weight is 464 g/mol. The smallest absolute Gasteiger partial charge is 0.338 e. The van der Waals surface area contributed by atoms with Gasteiger partial charge in [0.15, 0.2) is 0 Å². The van der Waals surface area contributed by atoms with Gasteiger partial charge in [0.1, 0.15) is 6.61 Å². The van der Waals surface area contributed by atoms with Gasteiger partial charge in [0.05, 0.1) is 29.8 Å². The molecule has 0 saturated carbocycles. The van der Waals surface area contributed by atoms with Gasteiger partial charge in [-0.15, -0.1) is 0 Å². The van der Waals surface area contributed by atoms with Crippen molar-refractivity contribution in [2.24, 2.45) is 5.92 Å². The summed E-state index contributed by atoms with van der Waals surface area (Å²) >= 11 is 5.96. The van der Waals surface area contributed by atoms with Crippen LogP contribution in [-0.2, 0) is 23.9 Å². The molecule has 1 aromatic rings. The summed E-state index contributed by atoms with van der Waals surface area (Å²) in [6, 6.07) is 5.39. The molecule has 9 nitrogen and oxygen atoms in total. The van der Waals surface area contributed by atoms with E-state index in [0.717, 1.165) is 0 Å². The molecule has 2 aliphatic heterocycles. The van der Waals surface area contributed by atoms with Crippen LogP contribution in [-0.4, -0.2) is 55.1 Å². The number of nitrogens with zero attached hydrogens (tertiary/aromatic N) is 1. The minimum Gasteiger partial charge on any atom is -0.463 e. The van der Waals surface area contributed by atoms with Crippen LogP contribution < -0.4 is 10.6 Å². The van der Waals surface area contributed by atoms with Gasteiger partial charge in [-0.05, 0) is 37.5 Å². The number of likely N-dealkylation sites (tertiary alicyclic amines) is 1. The van der Waals surface area contributed by atoms with Gasteiger partial charge in [0.25, 0.3) is 0 Å². The average Bonchev–Trinajstić information content (AvgIpc) is 2.77. The van der Waals surface area contributed by atoms with Crippen molar-refractivity contribution in [2.45, 2.75) is 32.7 Å². The van der Waals surface area contributed by atoms with Crippen molar-refractivity contribution in [1.29, 1.82) is 0 Å². The normalized spacial score (nSPS) is 19.2. The highest BCUT2D eigenvalue weighted by molar-refractivity contribution is 6.30. The molecule has 1 aromatic carbocycles. The first-order valence-corrected chi connectivity index (χ1v) is 10.8. The first-order valence-electron chi connectivity index (χ1n) is 10.5. The fourth-order valence-corrected chi connectivity index (χ4v) is 3.90. The van der Waals surface area contributed by atoms with Gasteiger partial charge < -0.3 is 25.0 Å². The monoisotopic (exact) mass is 463 g/mol. The van der Waals surface area contributed by atoms with Crippen molar-refractivity contribution in [3.8, 4) is 0 Å². The van der Waals surface area contributed by atoms with E-state index in [1.54, 1.807) is 36.1 Å². The van der Waals surface area contributed by atoms with E-state index < -0.39 is 24.0 Å². The zero-order valence-electron chi connectivity index (χ0n) is 18.0. The van der Waals surface area contributed by atoms with E-state index in [4.69, 9.17) is 21.1 Å². The van der Waals surface area contributed by atoms with Crippen LogP contribution in [0.3, 0.4) is 0 Å². The highest BCUT2D eigenvalue weighted by Gasteiger charge is 2.35. The number of ether oxygens (including phenoxy) is 2. The van der Waals surface area contributed by atoms with Crippen LogP contribution in [0.25, 0.3) is 0 Å². The van der Waals surface area contributed by atoms with E-state index in [0.29, 0.717) is 36.5 Å². The molecule has 2 aliphatic rings. The van der Waals surface area contributed by atoms with Gasteiger partial charge in [0.2, 0.25) is 5.91 Å². The van der Waals surface area contributed by atoms with Crippen molar-refractivity contribution in [3.63, 3.8) is 0 Å². The number of piperidine rings is 1. The molecule has 2 heterocycles. The largest absolute Gasteiger partial charge is 0.463 e. The number of carbonyl (C=O) groups is 4. The first-order chi connectivity index (χ1) is 15.3. The quantitative estimate of drug-likeness (QED) is 0.626. The molecular formula is C22H26ClN3O6. The second-order valence-corrected chi connectivity index (χ2v) is 8.02. The minimum atomic E-state index is -0.785. The number of nitrogens with one attached hydrogen (secondary N) is 2. The summed E-state index contributed by atoms with van der Waals surface area (Å²) < 4.78 is 10.6. The van der Waals surface area contributed by atoms with Crippen LogP contribution in [0.15, 0.2) is 35.5 Å². The summed E-state index contributed by atoms with van der Waals surface area (Å²) in [7, 11) is 0. The summed E-state index contributed by atoms with van der Waals surface area (Å²) in [5, 5.41) is 5.79. The lowest BCUT2D eigenvalue weighted by molar-refractivity contribution is -0.151. The van der Waals surface area contributed by atoms with E-state index in [-0.39, 0.29) is 36.3 Å². The molecule has 0 aromatic heterocycles. The van der Waals surface area contributed by atoms with Crippen molar-refractivity contribution < 1.29 is 28.7 Å². The predicted octanol–water partition coefficient (Wildman–Crippen LogP) is 2.31. The van der Waals surface area contributed by atoms with Gasteiger partial charge in [-0.1, -0.05) is 23.7 Å². The summed E-state index contributed by atoms with van der Waals surface area (Å²) in [5.74, 6) is -1.42. The van der Waals surface area contributed by atoms with Crippen LogP contribution in [0, 0.1) is 5.92 Å². The van der Waals surface area contributed by atoms with E-state index in [2.05, 4.69) is 10.6 Å². The van der Waals surface area contributed by atoms with Crippen molar-refractivity contribution in [2.75, 3.05) is 26.3 Å². The third-order valence-corrected chi connectivity index (χ3v) is 5.74. The Morgan fingerprint density at radius 1 is 1.12 bits per heavy atom. The Hall–Kier alpha value is -3.07. The van der Waals surface area contributed by atoms with Gasteiger partial charge in [-0.3, -0.25) is 9.59 Å². The van der Waals surface area contributed by atoms with Crippen LogP contribution >= 0.6 is 11.6 Å². The number of esters is 2. The summed E-state index contributed by atoms with van der Waals surface area (Å²) in [5.41, 5.74) is 0.961. The molecule has 1 fully saturated rings. The van der Waals surface area contributed by atoms with Gasteiger partial charge in [-0.2, -0.15) is 0 Å². The summed E-state index contributed by atoms with van der Waals surface area (Å²) in [6.45, 7) is 4.02. The molecule has 0 unspecified atom stereocenters. The zero-order valence-corrected chi connectivity index (χ0v) is 18.7. The third-order valence-electron chi connectivity index (χ3n) is 5.48. The number of hydrogen-bond acceptors (Lipinski definition) is 6. The Labute approximate surface area is 191 Å². The maximum absolute atomic E-state index is 12.7. The second-order valence-electron chi connectivity index (χ2n) is 7.58. The van der Waals surface area contributed by atoms with Crippen LogP contribution in [0.5, 0.6) is 0 Å². The van der Waals surface area contributed by atoms with Gasteiger partial charge in [0, 0.05) is 25.0 Å². The molecule has 172 valence electrons. The predicted molar refractivity (Wildman–Crippen MR) is 115 cm³/mol. The number of hydrogen-bond donors (Lipinski definition) is 2. The molecule has 1 atom stereocenters. The number of halogens is 1. The maximum atomic E-state index is 12.7. The number of amides is 3. The maximum Gasteiger partial charge on any atom is 0.338 e. The molecular weight excluding hydrogens is 438 g/mol. The molecule has 10 heteroatoms. The van der Waals surface area contributed by atoms with Crippen LogP contribution in [0.2, 0.25) is 5.02 Å². The lowest BCUT2D eigenvalue weighted by atomic mass is 9.95. The zero-order chi connectivity index (χ0) is 23.3. The minimum absolute atomic E-state index is 0.0216. The molecule has 0 radical (unpaired) electrons. The lowest BCUT2D eigenvalue weighted by Crippen LogP contribution is -2.47. The Morgan fingerprint density at radius 3 is 2.38 bits per heavy atom. The van der Waals surface area contributed by atoms with E-state index in [1.807, 2.05) is 0 Å². The summed E-state index contributed by atoms with van der Waals surface area (Å²) in [6.07, 6.45) is 1.01. The molecule has 0 aliphatic carbocycles. The first kappa shape index (κ1) is 23.6. The van der Waals surface area contributed by atoms with Crippen LogP contribution in [0.1, 0.15) is 38.3 Å². The second kappa shape index (κ2) is 10.5. The lowest BCUT2D eigenvalue weighted by Gasteiger charge is -2.31. The molecule has 1 saturated heterocycles. The number of rotatable bonds is 6. The summed E-state index contributed by atoms with van der Waals surface area (Å²) in [4.78, 5) is 50.8. The Kier molecular flexibility index (Phi) is 7.74. The van der Waals surface area contributed by atoms with Crippen molar-refractivity contribution in [3.05, 3.63) is 46.1 Å². The van der Waals surface area contributed by atoms with E-state index >= 15 is 0 Å². The fraction of sp³-hybridized carbons (Fsp3) is 0.455. The molecule has 3 rings (SSSR count). The number of urea groups is 1. The highest BCUT2D eigenvalue weighted by atomic mass is 35.5. The van der Waals surface area contributed by atoms with E-state index in [1.165, 1.54) is 6.92 Å². The topological polar surface area (TPSA) is 114 Å². The molecule has 32 heavy (non-hydrogen) atoms. The van der Waals surface area contributed by atoms with Crippen molar-refractivity contribution >= 4 is 35.5 Å². The van der Waals surface area contributed by atoms with Gasteiger partial charge >= 0.3 is 18.0 Å². The molecule has 0 spiro atoms. The molecule has 0 bridgehead atoms. The third kappa shape index (κ3) is 5.59.